The lowest BCUT2D eigenvalue weighted by atomic mass is 9.83. The van der Waals surface area contributed by atoms with Crippen molar-refractivity contribution in [2.75, 3.05) is 18.1 Å². The summed E-state index contributed by atoms with van der Waals surface area (Å²) in [5.41, 5.74) is 0.890. The number of carbonyl (C=O) groups excluding carboxylic acids is 2. The molecule has 7 nitrogen and oxygen atoms in total. The number of para-hydroxylation sites is 1. The molecule has 1 aromatic carbocycles. The number of amides is 1. The van der Waals surface area contributed by atoms with E-state index in [4.69, 9.17) is 4.74 Å². The minimum absolute atomic E-state index is 0.0314. The standard InChI is InChI=1S/C17H20N2O5S/c1-3-25-9-8-24-17(21)16-11(2)18-15(20)10-13(16)12-6-4-5-7-14(12)19(22)23/h4-7,13H,3,8-10H2,1-2H3,(H,18,20)/t13-/m0/s1. The number of nitro groups is 1. The molecule has 0 bridgehead atoms. The van der Waals surface area contributed by atoms with E-state index >= 15 is 0 Å². The van der Waals surface area contributed by atoms with Crippen LogP contribution in [0, 0.1) is 10.1 Å². The number of carbonyl (C=O) groups is 2. The maximum atomic E-state index is 12.5. The fourth-order valence-corrected chi connectivity index (χ4v) is 3.29. The van der Waals surface area contributed by atoms with Gasteiger partial charge >= 0.3 is 5.97 Å². The van der Waals surface area contributed by atoms with E-state index in [9.17, 15) is 19.7 Å². The fourth-order valence-electron chi connectivity index (χ4n) is 2.80. The van der Waals surface area contributed by atoms with Crippen molar-refractivity contribution in [2.45, 2.75) is 26.2 Å². The number of allylic oxidation sites excluding steroid dienone is 1. The van der Waals surface area contributed by atoms with Crippen molar-refractivity contribution in [1.29, 1.82) is 0 Å². The summed E-state index contributed by atoms with van der Waals surface area (Å²) < 4.78 is 5.30. The number of thioether (sulfide) groups is 1. The highest BCUT2D eigenvalue weighted by Crippen LogP contribution is 2.37. The van der Waals surface area contributed by atoms with Crippen LogP contribution in [0.25, 0.3) is 0 Å². The largest absolute Gasteiger partial charge is 0.461 e. The Hall–Kier alpha value is -2.35. The summed E-state index contributed by atoms with van der Waals surface area (Å²) in [7, 11) is 0. The molecular weight excluding hydrogens is 344 g/mol. The van der Waals surface area contributed by atoms with Crippen LogP contribution in [-0.4, -0.2) is 34.9 Å². The zero-order chi connectivity index (χ0) is 18.4. The van der Waals surface area contributed by atoms with Gasteiger partial charge in [0.05, 0.1) is 10.5 Å². The average Bonchev–Trinajstić information content (AvgIpc) is 2.57. The van der Waals surface area contributed by atoms with E-state index in [0.29, 0.717) is 17.0 Å². The van der Waals surface area contributed by atoms with Crippen LogP contribution in [-0.2, 0) is 14.3 Å². The van der Waals surface area contributed by atoms with E-state index in [-0.39, 0.29) is 30.2 Å². The molecule has 0 aliphatic carbocycles. The first kappa shape index (κ1) is 19.0. The van der Waals surface area contributed by atoms with E-state index in [1.165, 1.54) is 6.07 Å². The summed E-state index contributed by atoms with van der Waals surface area (Å²) in [6.45, 7) is 3.88. The Kier molecular flexibility index (Phi) is 6.58. The van der Waals surface area contributed by atoms with Crippen molar-refractivity contribution < 1.29 is 19.2 Å². The Labute approximate surface area is 150 Å². The van der Waals surface area contributed by atoms with E-state index < -0.39 is 16.8 Å². The van der Waals surface area contributed by atoms with Gasteiger partial charge in [0.15, 0.2) is 0 Å². The molecular formula is C17H20N2O5S. The molecule has 1 amide bonds. The smallest absolute Gasteiger partial charge is 0.336 e. The number of ether oxygens (including phenoxy) is 1. The third-order valence-electron chi connectivity index (χ3n) is 3.86. The van der Waals surface area contributed by atoms with Crippen molar-refractivity contribution in [3.8, 4) is 0 Å². The quantitative estimate of drug-likeness (QED) is 0.346. The first-order valence-electron chi connectivity index (χ1n) is 7.94. The van der Waals surface area contributed by atoms with Gasteiger partial charge in [0.25, 0.3) is 5.69 Å². The minimum Gasteiger partial charge on any atom is -0.461 e. The SMILES string of the molecule is CCSCCOC(=O)C1=C(C)NC(=O)C[C@H]1c1ccccc1[N+](=O)[O-]. The van der Waals surface area contributed by atoms with Crippen LogP contribution in [0.4, 0.5) is 5.69 Å². The van der Waals surface area contributed by atoms with Crippen molar-refractivity contribution in [3.63, 3.8) is 0 Å². The van der Waals surface area contributed by atoms with Crippen molar-refractivity contribution in [1.82, 2.24) is 5.32 Å². The lowest BCUT2D eigenvalue weighted by molar-refractivity contribution is -0.385. The maximum absolute atomic E-state index is 12.5. The first-order valence-corrected chi connectivity index (χ1v) is 9.10. The second-order valence-electron chi connectivity index (χ2n) is 5.49. The summed E-state index contributed by atoms with van der Waals surface area (Å²) in [6, 6.07) is 6.17. The van der Waals surface area contributed by atoms with Crippen molar-refractivity contribution in [3.05, 3.63) is 51.2 Å². The van der Waals surface area contributed by atoms with Crippen LogP contribution < -0.4 is 5.32 Å². The summed E-state index contributed by atoms with van der Waals surface area (Å²) >= 11 is 1.65. The summed E-state index contributed by atoms with van der Waals surface area (Å²) in [5.74, 6) is 0.0865. The minimum atomic E-state index is -0.693. The van der Waals surface area contributed by atoms with Gasteiger partial charge in [0.1, 0.15) is 6.61 Å². The first-order chi connectivity index (χ1) is 12.0. The highest BCUT2D eigenvalue weighted by atomic mass is 32.2. The maximum Gasteiger partial charge on any atom is 0.336 e. The highest BCUT2D eigenvalue weighted by Gasteiger charge is 2.36. The molecule has 1 N–H and O–H groups in total. The van der Waals surface area contributed by atoms with E-state index in [2.05, 4.69) is 5.32 Å². The molecule has 1 aromatic rings. The number of nitrogens with zero attached hydrogens (tertiary/aromatic N) is 1. The van der Waals surface area contributed by atoms with Crippen LogP contribution >= 0.6 is 11.8 Å². The molecule has 0 fully saturated rings. The molecule has 0 unspecified atom stereocenters. The van der Waals surface area contributed by atoms with Crippen LogP contribution in [0.3, 0.4) is 0 Å². The third kappa shape index (κ3) is 4.60. The molecule has 0 radical (unpaired) electrons. The predicted octanol–water partition coefficient (Wildman–Crippen LogP) is 2.77. The molecule has 2 rings (SSSR count). The molecule has 134 valence electrons. The fraction of sp³-hybridized carbons (Fsp3) is 0.412. The van der Waals surface area contributed by atoms with Gasteiger partial charge in [-0.1, -0.05) is 25.1 Å². The molecule has 1 aliphatic heterocycles. The average molecular weight is 364 g/mol. The van der Waals surface area contributed by atoms with Crippen molar-refractivity contribution >= 4 is 29.3 Å². The number of benzene rings is 1. The Balaban J connectivity index is 2.34. The molecule has 8 heteroatoms. The Morgan fingerprint density at radius 1 is 1.44 bits per heavy atom. The van der Waals surface area contributed by atoms with Gasteiger partial charge in [-0.05, 0) is 12.7 Å². The second-order valence-corrected chi connectivity index (χ2v) is 6.89. The molecule has 0 saturated carbocycles. The second kappa shape index (κ2) is 8.66. The monoisotopic (exact) mass is 364 g/mol. The topological polar surface area (TPSA) is 98.5 Å². The number of hydrogen-bond acceptors (Lipinski definition) is 6. The van der Waals surface area contributed by atoms with E-state index in [1.54, 1.807) is 36.9 Å². The highest BCUT2D eigenvalue weighted by molar-refractivity contribution is 7.99. The van der Waals surface area contributed by atoms with Crippen molar-refractivity contribution in [2.24, 2.45) is 0 Å². The van der Waals surface area contributed by atoms with Crippen LogP contribution in [0.5, 0.6) is 0 Å². The Morgan fingerprint density at radius 3 is 2.84 bits per heavy atom. The molecule has 1 aliphatic rings. The van der Waals surface area contributed by atoms with E-state index in [0.717, 1.165) is 5.75 Å². The molecule has 0 spiro atoms. The number of nitrogens with one attached hydrogen (secondary N) is 1. The lowest BCUT2D eigenvalue weighted by Crippen LogP contribution is -2.34. The van der Waals surface area contributed by atoms with Gasteiger partial charge in [-0.15, -0.1) is 0 Å². The Bertz CT molecular complexity index is 717. The van der Waals surface area contributed by atoms with Crippen LogP contribution in [0.15, 0.2) is 35.5 Å². The number of esters is 1. The molecule has 1 heterocycles. The van der Waals surface area contributed by atoms with Gasteiger partial charge in [-0.3, -0.25) is 14.9 Å². The van der Waals surface area contributed by atoms with Crippen LogP contribution in [0.2, 0.25) is 0 Å². The lowest BCUT2D eigenvalue weighted by Gasteiger charge is -2.26. The van der Waals surface area contributed by atoms with Gasteiger partial charge in [0.2, 0.25) is 5.91 Å². The zero-order valence-electron chi connectivity index (χ0n) is 14.1. The molecule has 0 aromatic heterocycles. The summed E-state index contributed by atoms with van der Waals surface area (Å²) in [4.78, 5) is 35.3. The summed E-state index contributed by atoms with van der Waals surface area (Å²) in [6.07, 6.45) is -0.0314. The van der Waals surface area contributed by atoms with Gasteiger partial charge in [-0.2, -0.15) is 11.8 Å². The molecule has 1 atom stereocenters. The number of rotatable bonds is 7. The van der Waals surface area contributed by atoms with Crippen LogP contribution in [0.1, 0.15) is 31.7 Å². The normalized spacial score (nSPS) is 17.2. The van der Waals surface area contributed by atoms with E-state index in [1.807, 2.05) is 6.92 Å². The number of hydrogen-bond donors (Lipinski definition) is 1. The van der Waals surface area contributed by atoms with Gasteiger partial charge in [0, 0.05) is 35.4 Å². The number of nitro benzene ring substituents is 1. The predicted molar refractivity (Wildman–Crippen MR) is 95.3 cm³/mol. The zero-order valence-corrected chi connectivity index (χ0v) is 14.9. The molecule has 25 heavy (non-hydrogen) atoms. The van der Waals surface area contributed by atoms with Gasteiger partial charge in [-0.25, -0.2) is 4.79 Å². The van der Waals surface area contributed by atoms with Gasteiger partial charge < -0.3 is 10.1 Å². The third-order valence-corrected chi connectivity index (χ3v) is 4.73. The molecule has 0 saturated heterocycles. The summed E-state index contributed by atoms with van der Waals surface area (Å²) in [5, 5.41) is 13.9. The Morgan fingerprint density at radius 2 is 2.16 bits per heavy atom.